The minimum absolute atomic E-state index is 0.0204. The van der Waals surface area contributed by atoms with Crippen LogP contribution in [-0.4, -0.2) is 5.84 Å². The summed E-state index contributed by atoms with van der Waals surface area (Å²) in [5, 5.41) is 7.20. The molecule has 0 bridgehead atoms. The van der Waals surface area contributed by atoms with E-state index in [0.717, 1.165) is 0 Å². The van der Waals surface area contributed by atoms with Crippen LogP contribution in [0.5, 0.6) is 5.75 Å². The first-order chi connectivity index (χ1) is 9.06. The summed E-state index contributed by atoms with van der Waals surface area (Å²) in [6, 6.07) is 9.83. The molecule has 0 fully saturated rings. The molecule has 0 aliphatic carbocycles. The summed E-state index contributed by atoms with van der Waals surface area (Å²) in [5.74, 6) is -0.791. The highest BCUT2D eigenvalue weighted by Gasteiger charge is 2.06. The summed E-state index contributed by atoms with van der Waals surface area (Å²) in [6.07, 6.45) is 0. The Kier molecular flexibility index (Phi) is 3.75. The van der Waals surface area contributed by atoms with Gasteiger partial charge in [-0.3, -0.25) is 5.41 Å². The molecular weight excluding hydrogens is 250 g/mol. The molecular formula is C14H12F2N2O. The Morgan fingerprint density at radius 3 is 2.58 bits per heavy atom. The largest absolute Gasteiger partial charge is 0.489 e. The molecule has 0 amide bonds. The number of nitrogens with two attached hydrogens (primary N) is 1. The van der Waals surface area contributed by atoms with Crippen LogP contribution in [-0.2, 0) is 6.61 Å². The Morgan fingerprint density at radius 1 is 1.16 bits per heavy atom. The standard InChI is InChI=1S/C14H12F2N2O/c15-11-2-1-3-12(7-11)19-8-10-5-4-9(14(17)18)6-13(10)16/h1-7H,8H2,(H3,17,18). The molecule has 0 atom stereocenters. The van der Waals surface area contributed by atoms with Gasteiger partial charge in [-0.15, -0.1) is 0 Å². The van der Waals surface area contributed by atoms with Gasteiger partial charge in [0.2, 0.25) is 0 Å². The second-order valence-electron chi connectivity index (χ2n) is 3.97. The molecule has 0 aliphatic rings. The SMILES string of the molecule is N=C(N)c1ccc(COc2cccc(F)c2)c(F)c1. The van der Waals surface area contributed by atoms with E-state index in [1.165, 1.54) is 36.4 Å². The zero-order valence-corrected chi connectivity index (χ0v) is 9.99. The molecule has 0 saturated carbocycles. The van der Waals surface area contributed by atoms with Crippen LogP contribution in [0.2, 0.25) is 0 Å². The summed E-state index contributed by atoms with van der Waals surface area (Å²) in [4.78, 5) is 0. The van der Waals surface area contributed by atoms with E-state index in [2.05, 4.69) is 0 Å². The Balaban J connectivity index is 2.10. The number of nitrogens with one attached hydrogen (secondary N) is 1. The van der Waals surface area contributed by atoms with Crippen LogP contribution in [0.1, 0.15) is 11.1 Å². The smallest absolute Gasteiger partial charge is 0.130 e. The molecule has 0 heterocycles. The third-order valence-electron chi connectivity index (χ3n) is 2.55. The topological polar surface area (TPSA) is 59.1 Å². The highest BCUT2D eigenvalue weighted by Crippen LogP contribution is 2.16. The van der Waals surface area contributed by atoms with E-state index >= 15 is 0 Å². The van der Waals surface area contributed by atoms with Gasteiger partial charge in [-0.05, 0) is 18.2 Å². The fourth-order valence-corrected chi connectivity index (χ4v) is 1.55. The monoisotopic (exact) mass is 262 g/mol. The van der Waals surface area contributed by atoms with Gasteiger partial charge in [0, 0.05) is 17.2 Å². The maximum atomic E-state index is 13.7. The number of ether oxygens (including phenoxy) is 1. The zero-order chi connectivity index (χ0) is 13.8. The lowest BCUT2D eigenvalue weighted by Crippen LogP contribution is -2.12. The van der Waals surface area contributed by atoms with Crippen molar-refractivity contribution in [2.45, 2.75) is 6.61 Å². The van der Waals surface area contributed by atoms with Crippen molar-refractivity contribution >= 4 is 5.84 Å². The van der Waals surface area contributed by atoms with Crippen LogP contribution in [0, 0.1) is 17.0 Å². The lowest BCUT2D eigenvalue weighted by molar-refractivity contribution is 0.298. The van der Waals surface area contributed by atoms with Gasteiger partial charge in [-0.1, -0.05) is 18.2 Å². The predicted molar refractivity (Wildman–Crippen MR) is 68.1 cm³/mol. The van der Waals surface area contributed by atoms with Gasteiger partial charge >= 0.3 is 0 Å². The number of hydrogen-bond donors (Lipinski definition) is 2. The van der Waals surface area contributed by atoms with Crippen molar-refractivity contribution in [1.82, 2.24) is 0 Å². The second kappa shape index (κ2) is 5.48. The molecule has 2 aromatic carbocycles. The summed E-state index contributed by atoms with van der Waals surface area (Å²) in [7, 11) is 0. The average Bonchev–Trinajstić information content (AvgIpc) is 2.37. The van der Waals surface area contributed by atoms with Crippen LogP contribution in [0.3, 0.4) is 0 Å². The lowest BCUT2D eigenvalue weighted by Gasteiger charge is -2.08. The van der Waals surface area contributed by atoms with Crippen LogP contribution >= 0.6 is 0 Å². The molecule has 0 aliphatic heterocycles. The molecule has 2 aromatic rings. The van der Waals surface area contributed by atoms with Gasteiger partial charge in [-0.2, -0.15) is 0 Å². The van der Waals surface area contributed by atoms with Gasteiger partial charge < -0.3 is 10.5 Å². The molecule has 0 radical (unpaired) electrons. The third-order valence-corrected chi connectivity index (χ3v) is 2.55. The Hall–Kier alpha value is -2.43. The molecule has 98 valence electrons. The van der Waals surface area contributed by atoms with Crippen molar-refractivity contribution in [2.24, 2.45) is 5.73 Å². The van der Waals surface area contributed by atoms with Gasteiger partial charge in [0.15, 0.2) is 0 Å². The Labute approximate surface area is 109 Å². The molecule has 3 nitrogen and oxygen atoms in total. The van der Waals surface area contributed by atoms with Crippen molar-refractivity contribution in [3.05, 3.63) is 65.2 Å². The van der Waals surface area contributed by atoms with Crippen LogP contribution in [0.4, 0.5) is 8.78 Å². The predicted octanol–water partition coefficient (Wildman–Crippen LogP) is 2.83. The maximum Gasteiger partial charge on any atom is 0.130 e. The van der Waals surface area contributed by atoms with Crippen molar-refractivity contribution in [1.29, 1.82) is 5.41 Å². The number of halogens is 2. The molecule has 5 heteroatoms. The number of hydrogen-bond acceptors (Lipinski definition) is 2. The zero-order valence-electron chi connectivity index (χ0n) is 9.99. The van der Waals surface area contributed by atoms with Crippen molar-refractivity contribution in [3.63, 3.8) is 0 Å². The van der Waals surface area contributed by atoms with Gasteiger partial charge in [-0.25, -0.2) is 8.78 Å². The van der Waals surface area contributed by atoms with Gasteiger partial charge in [0.25, 0.3) is 0 Å². The van der Waals surface area contributed by atoms with E-state index in [0.29, 0.717) is 16.9 Å². The normalized spacial score (nSPS) is 10.2. The number of nitrogen functional groups attached to an aromatic ring is 1. The Morgan fingerprint density at radius 2 is 1.95 bits per heavy atom. The number of benzene rings is 2. The molecule has 0 unspecified atom stereocenters. The molecule has 0 saturated heterocycles. The second-order valence-corrected chi connectivity index (χ2v) is 3.97. The van der Waals surface area contributed by atoms with Crippen molar-refractivity contribution in [2.75, 3.05) is 0 Å². The number of rotatable bonds is 4. The first kappa shape index (κ1) is 13.0. The van der Waals surface area contributed by atoms with Crippen LogP contribution < -0.4 is 10.5 Å². The van der Waals surface area contributed by atoms with E-state index in [1.54, 1.807) is 6.07 Å². The van der Waals surface area contributed by atoms with E-state index < -0.39 is 11.6 Å². The average molecular weight is 262 g/mol. The third kappa shape index (κ3) is 3.28. The van der Waals surface area contributed by atoms with E-state index in [4.69, 9.17) is 15.9 Å². The van der Waals surface area contributed by atoms with E-state index in [-0.39, 0.29) is 12.4 Å². The first-order valence-electron chi connectivity index (χ1n) is 5.57. The minimum atomic E-state index is -0.510. The summed E-state index contributed by atoms with van der Waals surface area (Å²) in [6.45, 7) is -0.0204. The van der Waals surface area contributed by atoms with Gasteiger partial charge in [0.05, 0.1) is 0 Å². The van der Waals surface area contributed by atoms with Crippen LogP contribution in [0.15, 0.2) is 42.5 Å². The quantitative estimate of drug-likeness (QED) is 0.657. The molecule has 2 rings (SSSR count). The van der Waals surface area contributed by atoms with E-state index in [1.807, 2.05) is 0 Å². The summed E-state index contributed by atoms with van der Waals surface area (Å²) in [5.41, 5.74) is 5.88. The number of amidine groups is 1. The first-order valence-corrected chi connectivity index (χ1v) is 5.57. The minimum Gasteiger partial charge on any atom is -0.489 e. The van der Waals surface area contributed by atoms with Crippen molar-refractivity contribution in [3.8, 4) is 5.75 Å². The fraction of sp³-hybridized carbons (Fsp3) is 0.0714. The molecule has 0 aromatic heterocycles. The lowest BCUT2D eigenvalue weighted by atomic mass is 10.1. The van der Waals surface area contributed by atoms with Gasteiger partial charge in [0.1, 0.15) is 29.8 Å². The van der Waals surface area contributed by atoms with E-state index in [9.17, 15) is 8.78 Å². The summed E-state index contributed by atoms with van der Waals surface area (Å²) < 4.78 is 31.9. The van der Waals surface area contributed by atoms with Crippen molar-refractivity contribution < 1.29 is 13.5 Å². The van der Waals surface area contributed by atoms with Crippen LogP contribution in [0.25, 0.3) is 0 Å². The molecule has 19 heavy (non-hydrogen) atoms. The highest BCUT2D eigenvalue weighted by atomic mass is 19.1. The molecule has 3 N–H and O–H groups in total. The summed E-state index contributed by atoms with van der Waals surface area (Å²) >= 11 is 0. The Bertz CT molecular complexity index is 614. The highest BCUT2D eigenvalue weighted by molar-refractivity contribution is 5.94. The fourth-order valence-electron chi connectivity index (χ4n) is 1.55. The molecule has 0 spiro atoms. The maximum absolute atomic E-state index is 13.7.